The summed E-state index contributed by atoms with van der Waals surface area (Å²) in [6.07, 6.45) is 5.54. The van der Waals surface area contributed by atoms with Gasteiger partial charge in [0.2, 0.25) is 0 Å². The van der Waals surface area contributed by atoms with Gasteiger partial charge in [-0.15, -0.1) is 6.58 Å². The summed E-state index contributed by atoms with van der Waals surface area (Å²) in [7, 11) is 0. The number of nitrogens with zero attached hydrogens (tertiary/aromatic N) is 1. The van der Waals surface area contributed by atoms with Gasteiger partial charge in [-0.05, 0) is 43.7 Å². The molecule has 0 aromatic heterocycles. The van der Waals surface area contributed by atoms with E-state index in [1.807, 2.05) is 12.1 Å². The number of esters is 1. The lowest BCUT2D eigenvalue weighted by Gasteiger charge is -2.59. The second-order valence-corrected chi connectivity index (χ2v) is 8.46. The third-order valence-electron chi connectivity index (χ3n) is 7.33. The van der Waals surface area contributed by atoms with Crippen LogP contribution < -0.4 is 4.74 Å². The molecule has 5 rings (SSSR count). The summed E-state index contributed by atoms with van der Waals surface area (Å²) in [5, 5.41) is 9.87. The number of carbonyl (C=O) groups is 1. The molecular weight excluding hydrogens is 342 g/mol. The molecule has 0 radical (unpaired) electrons. The summed E-state index contributed by atoms with van der Waals surface area (Å²) in [6, 6.07) is 4.64. The Morgan fingerprint density at radius 3 is 3.07 bits per heavy atom. The predicted octanol–water partition coefficient (Wildman–Crippen LogP) is 2.34. The number of carbonyl (C=O) groups excluding carboxylic acids is 1. The number of aliphatic hydroxyl groups is 1. The van der Waals surface area contributed by atoms with E-state index in [1.165, 1.54) is 18.1 Å². The Morgan fingerprint density at radius 2 is 2.33 bits per heavy atom. The van der Waals surface area contributed by atoms with Gasteiger partial charge in [0.15, 0.2) is 0 Å². The normalized spacial score (nSPS) is 35.9. The zero-order chi connectivity index (χ0) is 18.8. The smallest absolute Gasteiger partial charge is 0.303 e. The molecule has 27 heavy (non-hydrogen) atoms. The maximum Gasteiger partial charge on any atom is 0.303 e. The quantitative estimate of drug-likeness (QED) is 0.652. The van der Waals surface area contributed by atoms with Gasteiger partial charge in [0.25, 0.3) is 0 Å². The molecule has 4 aliphatic rings. The first-order valence-electron chi connectivity index (χ1n) is 10.0. The Morgan fingerprint density at radius 1 is 1.48 bits per heavy atom. The SMILES string of the molecule is C=CCN1CC[C@@]23c4c5ccc(CO)c4OC2C(OC(C)=O)CC[C@@H]3C1C5. The maximum atomic E-state index is 11.7. The average Bonchev–Trinajstić information content (AvgIpc) is 2.99. The van der Waals surface area contributed by atoms with Gasteiger partial charge in [-0.3, -0.25) is 9.69 Å². The fraction of sp³-hybridized carbons (Fsp3) is 0.591. The van der Waals surface area contributed by atoms with Crippen LogP contribution in [0.1, 0.15) is 42.9 Å². The molecule has 2 aliphatic carbocycles. The first-order valence-corrected chi connectivity index (χ1v) is 10.0. The Labute approximate surface area is 160 Å². The third kappa shape index (κ3) is 2.21. The van der Waals surface area contributed by atoms with Crippen molar-refractivity contribution in [1.29, 1.82) is 0 Å². The number of benzene rings is 1. The molecule has 0 amide bonds. The highest BCUT2D eigenvalue weighted by molar-refractivity contribution is 5.66. The fourth-order valence-corrected chi connectivity index (χ4v) is 6.50. The van der Waals surface area contributed by atoms with Crippen molar-refractivity contribution >= 4 is 5.97 Å². The van der Waals surface area contributed by atoms with E-state index in [0.717, 1.165) is 50.1 Å². The Kier molecular flexibility index (Phi) is 3.89. The molecule has 1 saturated carbocycles. The summed E-state index contributed by atoms with van der Waals surface area (Å²) in [4.78, 5) is 14.3. The van der Waals surface area contributed by atoms with Crippen LogP contribution in [0.2, 0.25) is 0 Å². The fourth-order valence-electron chi connectivity index (χ4n) is 6.50. The molecule has 144 valence electrons. The largest absolute Gasteiger partial charge is 0.485 e. The molecule has 3 unspecified atom stereocenters. The Hall–Kier alpha value is -1.85. The van der Waals surface area contributed by atoms with E-state index in [2.05, 4.69) is 17.5 Å². The molecule has 2 fully saturated rings. The minimum atomic E-state index is -0.242. The Bertz CT molecular complexity index is 806. The standard InChI is InChI=1S/C22H27NO4/c1-3-9-23-10-8-22-16-6-7-18(26-13(2)25)21(22)27-20-15(12-24)5-4-14(19(20)22)11-17(16)23/h3-5,16-18,21,24H,1,6-12H2,2H3/t16-,17?,18?,21?,22-/m1/s1. The van der Waals surface area contributed by atoms with Crippen LogP contribution in [0.25, 0.3) is 0 Å². The maximum absolute atomic E-state index is 11.7. The van der Waals surface area contributed by atoms with E-state index >= 15 is 0 Å². The van der Waals surface area contributed by atoms with Gasteiger partial charge in [0.1, 0.15) is 18.0 Å². The van der Waals surface area contributed by atoms with Gasteiger partial charge >= 0.3 is 5.97 Å². The van der Waals surface area contributed by atoms with E-state index in [0.29, 0.717) is 12.0 Å². The first kappa shape index (κ1) is 17.3. The van der Waals surface area contributed by atoms with Crippen LogP contribution in [0.4, 0.5) is 0 Å². The summed E-state index contributed by atoms with van der Waals surface area (Å²) in [5.41, 5.74) is 3.39. The van der Waals surface area contributed by atoms with Crippen molar-refractivity contribution in [3.05, 3.63) is 41.5 Å². The highest BCUT2D eigenvalue weighted by Gasteiger charge is 2.66. The summed E-state index contributed by atoms with van der Waals surface area (Å²) >= 11 is 0. The number of hydrogen-bond acceptors (Lipinski definition) is 5. The van der Waals surface area contributed by atoms with E-state index in [-0.39, 0.29) is 30.2 Å². The molecule has 1 N–H and O–H groups in total. The zero-order valence-corrected chi connectivity index (χ0v) is 15.8. The van der Waals surface area contributed by atoms with E-state index in [4.69, 9.17) is 9.47 Å². The predicted molar refractivity (Wildman–Crippen MR) is 101 cm³/mol. The number of rotatable bonds is 4. The molecule has 2 heterocycles. The minimum Gasteiger partial charge on any atom is -0.485 e. The van der Waals surface area contributed by atoms with Gasteiger partial charge < -0.3 is 14.6 Å². The minimum absolute atomic E-state index is 0.0275. The van der Waals surface area contributed by atoms with Crippen LogP contribution in [-0.2, 0) is 28.0 Å². The zero-order valence-electron chi connectivity index (χ0n) is 15.8. The molecule has 5 heteroatoms. The topological polar surface area (TPSA) is 59.0 Å². The number of hydrogen-bond donors (Lipinski definition) is 1. The second kappa shape index (κ2) is 6.08. The van der Waals surface area contributed by atoms with Crippen molar-refractivity contribution in [2.45, 2.75) is 62.9 Å². The number of piperidine rings is 1. The van der Waals surface area contributed by atoms with Crippen LogP contribution in [0, 0.1) is 5.92 Å². The van der Waals surface area contributed by atoms with Crippen LogP contribution in [0.15, 0.2) is 24.8 Å². The van der Waals surface area contributed by atoms with Crippen molar-refractivity contribution in [2.75, 3.05) is 13.1 Å². The van der Waals surface area contributed by atoms with Gasteiger partial charge in [0.05, 0.1) is 6.61 Å². The third-order valence-corrected chi connectivity index (χ3v) is 7.33. The monoisotopic (exact) mass is 369 g/mol. The molecule has 1 aromatic rings. The van der Waals surface area contributed by atoms with Gasteiger partial charge in [-0.25, -0.2) is 0 Å². The molecule has 5 nitrogen and oxygen atoms in total. The first-order chi connectivity index (χ1) is 13.1. The molecule has 1 saturated heterocycles. The highest BCUT2D eigenvalue weighted by atomic mass is 16.6. The summed E-state index contributed by atoms with van der Waals surface area (Å²) < 4.78 is 12.3. The van der Waals surface area contributed by atoms with Crippen molar-refractivity contribution in [3.63, 3.8) is 0 Å². The van der Waals surface area contributed by atoms with Gasteiger partial charge in [0, 0.05) is 36.1 Å². The van der Waals surface area contributed by atoms with Crippen LogP contribution in [0.5, 0.6) is 5.75 Å². The molecule has 2 aliphatic heterocycles. The molecule has 1 spiro atoms. The van der Waals surface area contributed by atoms with Gasteiger partial charge in [-0.2, -0.15) is 0 Å². The highest BCUT2D eigenvalue weighted by Crippen LogP contribution is 2.63. The summed E-state index contributed by atoms with van der Waals surface area (Å²) in [5.74, 6) is 1.11. The lowest BCUT2D eigenvalue weighted by atomic mass is 9.51. The van der Waals surface area contributed by atoms with Gasteiger partial charge in [-0.1, -0.05) is 18.2 Å². The van der Waals surface area contributed by atoms with Crippen molar-refractivity contribution in [2.24, 2.45) is 5.92 Å². The van der Waals surface area contributed by atoms with E-state index in [1.54, 1.807) is 0 Å². The molecular formula is C22H27NO4. The Balaban J connectivity index is 1.67. The molecule has 5 atom stereocenters. The lowest BCUT2D eigenvalue weighted by molar-refractivity contribution is -0.164. The number of likely N-dealkylation sites (tertiary alicyclic amines) is 1. The lowest BCUT2D eigenvalue weighted by Crippen LogP contribution is -2.67. The summed E-state index contributed by atoms with van der Waals surface area (Å²) in [6.45, 7) is 7.31. The number of ether oxygens (including phenoxy) is 2. The van der Waals surface area contributed by atoms with Crippen LogP contribution in [-0.4, -0.2) is 47.3 Å². The number of aliphatic hydroxyl groups excluding tert-OH is 1. The molecule has 2 bridgehead atoms. The average molecular weight is 369 g/mol. The second-order valence-electron chi connectivity index (χ2n) is 8.46. The van der Waals surface area contributed by atoms with Crippen molar-refractivity contribution in [3.8, 4) is 5.75 Å². The van der Waals surface area contributed by atoms with Crippen molar-refractivity contribution < 1.29 is 19.4 Å². The van der Waals surface area contributed by atoms with E-state index < -0.39 is 0 Å². The van der Waals surface area contributed by atoms with Crippen LogP contribution in [0.3, 0.4) is 0 Å². The molecule has 1 aromatic carbocycles. The van der Waals surface area contributed by atoms with Crippen molar-refractivity contribution in [1.82, 2.24) is 4.90 Å². The van der Waals surface area contributed by atoms with Crippen LogP contribution >= 0.6 is 0 Å². The van der Waals surface area contributed by atoms with E-state index in [9.17, 15) is 9.90 Å².